The van der Waals surface area contributed by atoms with Gasteiger partial charge in [-0.15, -0.1) is 17.8 Å². The molecule has 3 aromatic rings. The van der Waals surface area contributed by atoms with Gasteiger partial charge in [-0.1, -0.05) is 36.3 Å². The highest BCUT2D eigenvalue weighted by atomic mass is 32.1. The number of rotatable bonds is 8. The van der Waals surface area contributed by atoms with Crippen molar-refractivity contribution in [2.75, 3.05) is 19.8 Å². The Morgan fingerprint density at radius 3 is 2.73 bits per heavy atom. The number of fused-ring (bicyclic) bond motifs is 1. The number of nitrogens with zero attached hydrogens (tertiary/aromatic N) is 2. The molecule has 2 heterocycles. The number of esters is 1. The van der Waals surface area contributed by atoms with E-state index >= 15 is 0 Å². The minimum atomic E-state index is -0.295. The van der Waals surface area contributed by atoms with Crippen LogP contribution in [0.1, 0.15) is 38.8 Å². The van der Waals surface area contributed by atoms with Crippen molar-refractivity contribution in [3.63, 3.8) is 0 Å². The molecule has 0 amide bonds. The molecular formula is C27H26N2O3S. The monoisotopic (exact) mass is 458 g/mol. The summed E-state index contributed by atoms with van der Waals surface area (Å²) < 4.78 is 10.8. The maximum atomic E-state index is 12.8. The summed E-state index contributed by atoms with van der Waals surface area (Å²) in [4.78, 5) is 21.1. The van der Waals surface area contributed by atoms with E-state index in [0.717, 1.165) is 37.2 Å². The normalized spacial score (nSPS) is 13.5. The molecule has 0 radical (unpaired) electrons. The fourth-order valence-corrected chi connectivity index (χ4v) is 5.05. The van der Waals surface area contributed by atoms with Crippen molar-refractivity contribution in [2.24, 2.45) is 4.99 Å². The second kappa shape index (κ2) is 11.0. The van der Waals surface area contributed by atoms with Crippen LogP contribution in [0.15, 0.2) is 59.6 Å². The van der Waals surface area contributed by atoms with Crippen molar-refractivity contribution >= 4 is 28.5 Å². The lowest BCUT2D eigenvalue weighted by Gasteiger charge is -2.27. The van der Waals surface area contributed by atoms with Crippen LogP contribution < -0.4 is 4.74 Å². The number of hydrogen-bond acceptors (Lipinski definition) is 6. The van der Waals surface area contributed by atoms with Gasteiger partial charge in [0.05, 0.1) is 12.2 Å². The summed E-state index contributed by atoms with van der Waals surface area (Å²) in [5.41, 5.74) is 3.89. The smallest absolute Gasteiger partial charge is 0.341 e. The first-order chi connectivity index (χ1) is 16.2. The van der Waals surface area contributed by atoms with Crippen molar-refractivity contribution in [1.82, 2.24) is 4.90 Å². The number of benzene rings is 2. The van der Waals surface area contributed by atoms with Gasteiger partial charge < -0.3 is 9.47 Å². The molecule has 1 aromatic heterocycles. The predicted molar refractivity (Wildman–Crippen MR) is 133 cm³/mol. The SMILES string of the molecule is C#CCOc1ccc(C=Nc2sc3c(c2C(=O)OCC)CCN(Cc2ccccc2)C3)cc1. The summed E-state index contributed by atoms with van der Waals surface area (Å²) in [7, 11) is 0. The van der Waals surface area contributed by atoms with Crippen LogP contribution in [0.4, 0.5) is 5.00 Å². The fraction of sp³-hybridized carbons (Fsp3) is 0.259. The van der Waals surface area contributed by atoms with E-state index in [1.54, 1.807) is 17.6 Å². The first-order valence-electron chi connectivity index (χ1n) is 11.0. The quantitative estimate of drug-likeness (QED) is 0.263. The molecule has 5 nitrogen and oxygen atoms in total. The summed E-state index contributed by atoms with van der Waals surface area (Å²) in [6.07, 6.45) is 7.81. The summed E-state index contributed by atoms with van der Waals surface area (Å²) in [5.74, 6) is 2.87. The zero-order valence-electron chi connectivity index (χ0n) is 18.6. The minimum Gasteiger partial charge on any atom is -0.481 e. The number of terminal acetylenes is 1. The molecule has 33 heavy (non-hydrogen) atoms. The van der Waals surface area contributed by atoms with Crippen LogP contribution in [0.5, 0.6) is 5.75 Å². The number of aliphatic imine (C=N–C) groups is 1. The fourth-order valence-electron chi connectivity index (χ4n) is 3.83. The third kappa shape index (κ3) is 5.70. The number of hydrogen-bond donors (Lipinski definition) is 0. The van der Waals surface area contributed by atoms with Gasteiger partial charge in [-0.3, -0.25) is 4.90 Å². The number of thiophene rings is 1. The Kier molecular flexibility index (Phi) is 7.56. The molecule has 0 atom stereocenters. The number of carbonyl (C=O) groups is 1. The van der Waals surface area contributed by atoms with Gasteiger partial charge in [0, 0.05) is 30.7 Å². The lowest BCUT2D eigenvalue weighted by molar-refractivity contribution is 0.0526. The molecule has 2 aromatic carbocycles. The van der Waals surface area contributed by atoms with Gasteiger partial charge >= 0.3 is 5.97 Å². The third-order valence-corrected chi connectivity index (χ3v) is 6.50. The Balaban J connectivity index is 1.56. The summed E-state index contributed by atoms with van der Waals surface area (Å²) in [6.45, 7) is 4.99. The van der Waals surface area contributed by atoms with Crippen molar-refractivity contribution in [3.05, 3.63) is 81.7 Å². The van der Waals surface area contributed by atoms with Gasteiger partial charge in [-0.05, 0) is 54.3 Å². The second-order valence-corrected chi connectivity index (χ2v) is 8.75. The number of ether oxygens (including phenoxy) is 2. The van der Waals surface area contributed by atoms with Crippen LogP contribution in [0, 0.1) is 12.3 Å². The van der Waals surface area contributed by atoms with Crippen molar-refractivity contribution in [1.29, 1.82) is 0 Å². The van der Waals surface area contributed by atoms with E-state index in [9.17, 15) is 4.79 Å². The van der Waals surface area contributed by atoms with E-state index in [-0.39, 0.29) is 12.6 Å². The first kappa shape index (κ1) is 22.8. The van der Waals surface area contributed by atoms with Crippen LogP contribution in [0.25, 0.3) is 0 Å². The average Bonchev–Trinajstić information content (AvgIpc) is 3.20. The van der Waals surface area contributed by atoms with E-state index in [1.807, 2.05) is 37.3 Å². The summed E-state index contributed by atoms with van der Waals surface area (Å²) in [6, 6.07) is 18.0. The Bertz CT molecular complexity index is 1160. The Hall–Kier alpha value is -3.40. The zero-order valence-corrected chi connectivity index (χ0v) is 19.4. The molecule has 0 spiro atoms. The van der Waals surface area contributed by atoms with Crippen LogP contribution in [0.2, 0.25) is 0 Å². The maximum Gasteiger partial charge on any atom is 0.341 e. The second-order valence-electron chi connectivity index (χ2n) is 7.67. The van der Waals surface area contributed by atoms with Crippen molar-refractivity contribution < 1.29 is 14.3 Å². The van der Waals surface area contributed by atoms with Gasteiger partial charge in [-0.2, -0.15) is 0 Å². The molecule has 0 unspecified atom stereocenters. The van der Waals surface area contributed by atoms with E-state index < -0.39 is 0 Å². The zero-order chi connectivity index (χ0) is 23.0. The molecule has 0 aliphatic carbocycles. The van der Waals surface area contributed by atoms with Crippen LogP contribution in [-0.4, -0.2) is 36.8 Å². The maximum absolute atomic E-state index is 12.8. The highest BCUT2D eigenvalue weighted by molar-refractivity contribution is 7.16. The Morgan fingerprint density at radius 2 is 2.00 bits per heavy atom. The van der Waals surface area contributed by atoms with E-state index in [4.69, 9.17) is 15.9 Å². The van der Waals surface area contributed by atoms with Gasteiger partial charge in [0.15, 0.2) is 0 Å². The molecule has 0 saturated heterocycles. The Labute approximate surface area is 198 Å². The third-order valence-electron chi connectivity index (χ3n) is 5.38. The van der Waals surface area contributed by atoms with Gasteiger partial charge in [-0.25, -0.2) is 9.79 Å². The molecule has 1 aliphatic rings. The highest BCUT2D eigenvalue weighted by Crippen LogP contribution is 2.39. The molecule has 0 saturated carbocycles. The average molecular weight is 459 g/mol. The largest absolute Gasteiger partial charge is 0.481 e. The molecule has 0 fully saturated rings. The highest BCUT2D eigenvalue weighted by Gasteiger charge is 2.28. The van der Waals surface area contributed by atoms with Crippen LogP contribution in [0.3, 0.4) is 0 Å². The van der Waals surface area contributed by atoms with E-state index in [1.165, 1.54) is 10.4 Å². The first-order valence-corrected chi connectivity index (χ1v) is 11.8. The molecule has 0 N–H and O–H groups in total. The summed E-state index contributed by atoms with van der Waals surface area (Å²) >= 11 is 1.58. The van der Waals surface area contributed by atoms with E-state index in [2.05, 4.69) is 40.1 Å². The van der Waals surface area contributed by atoms with Gasteiger partial charge in [0.1, 0.15) is 17.4 Å². The van der Waals surface area contributed by atoms with E-state index in [0.29, 0.717) is 22.9 Å². The number of carbonyl (C=O) groups excluding carboxylic acids is 1. The standard InChI is InChI=1S/C27H26N2O3S/c1-3-16-32-22-12-10-20(11-13-22)17-28-26-25(27(30)31-4-2)23-14-15-29(19-24(23)33-26)18-21-8-6-5-7-9-21/h1,5-13,17H,4,14-16,18-19H2,2H3. The molecule has 4 rings (SSSR count). The van der Waals surface area contributed by atoms with Crippen molar-refractivity contribution in [2.45, 2.75) is 26.4 Å². The van der Waals surface area contributed by atoms with Crippen LogP contribution >= 0.6 is 11.3 Å². The lowest BCUT2D eigenvalue weighted by Crippen LogP contribution is -2.29. The molecule has 0 bridgehead atoms. The van der Waals surface area contributed by atoms with Gasteiger partial charge in [0.2, 0.25) is 0 Å². The Morgan fingerprint density at radius 1 is 1.21 bits per heavy atom. The van der Waals surface area contributed by atoms with Crippen LogP contribution in [-0.2, 0) is 24.2 Å². The molecular weight excluding hydrogens is 432 g/mol. The molecule has 1 aliphatic heterocycles. The minimum absolute atomic E-state index is 0.234. The predicted octanol–water partition coefficient (Wildman–Crippen LogP) is 5.25. The summed E-state index contributed by atoms with van der Waals surface area (Å²) in [5, 5.41) is 0.702. The van der Waals surface area contributed by atoms with Crippen molar-refractivity contribution in [3.8, 4) is 18.1 Å². The molecule has 168 valence electrons. The topological polar surface area (TPSA) is 51.1 Å². The van der Waals surface area contributed by atoms with Gasteiger partial charge in [0.25, 0.3) is 0 Å². The lowest BCUT2D eigenvalue weighted by atomic mass is 10.0. The molecule has 6 heteroatoms.